The van der Waals surface area contributed by atoms with E-state index in [-0.39, 0.29) is 24.8 Å². The third-order valence-electron chi connectivity index (χ3n) is 3.32. The predicted molar refractivity (Wildman–Crippen MR) is 73.7 cm³/mol. The molecule has 2 amide bonds. The zero-order chi connectivity index (χ0) is 14.1. The maximum Gasteiger partial charge on any atom is 0.261 e. The van der Waals surface area contributed by atoms with Gasteiger partial charge in [0.15, 0.2) is 0 Å². The molecule has 2 aromatic rings. The summed E-state index contributed by atoms with van der Waals surface area (Å²) in [7, 11) is 0. The summed E-state index contributed by atoms with van der Waals surface area (Å²) < 4.78 is 0. The van der Waals surface area contributed by atoms with Gasteiger partial charge in [0.1, 0.15) is 5.82 Å². The Labute approximate surface area is 116 Å². The number of hydrogen-bond acceptors (Lipinski definition) is 4. The number of pyridine rings is 1. The maximum atomic E-state index is 12.4. The Morgan fingerprint density at radius 2 is 1.95 bits per heavy atom. The number of anilines is 1. The van der Waals surface area contributed by atoms with Crippen molar-refractivity contribution in [3.05, 3.63) is 59.3 Å². The summed E-state index contributed by atoms with van der Waals surface area (Å²) in [4.78, 5) is 29.7. The van der Waals surface area contributed by atoms with Gasteiger partial charge in [-0.3, -0.25) is 14.5 Å². The van der Waals surface area contributed by atoms with Crippen LogP contribution in [0.3, 0.4) is 0 Å². The van der Waals surface area contributed by atoms with E-state index < -0.39 is 0 Å². The quantitative estimate of drug-likeness (QED) is 0.834. The van der Waals surface area contributed by atoms with Gasteiger partial charge in [-0.05, 0) is 23.3 Å². The molecule has 0 saturated carbocycles. The van der Waals surface area contributed by atoms with E-state index in [1.165, 1.54) is 4.90 Å². The molecule has 1 aromatic heterocycles. The highest BCUT2D eigenvalue weighted by atomic mass is 16.2. The average molecular weight is 267 g/mol. The number of nitrogen functional groups attached to an aromatic ring is 1. The molecule has 0 spiro atoms. The molecule has 0 bridgehead atoms. The smallest absolute Gasteiger partial charge is 0.261 e. The number of fused-ring (bicyclic) bond motifs is 1. The number of nitrogens with zero attached hydrogens (tertiary/aromatic N) is 2. The second kappa shape index (κ2) is 4.77. The van der Waals surface area contributed by atoms with Crippen molar-refractivity contribution in [2.24, 2.45) is 0 Å². The normalized spacial score (nSPS) is 14.3. The second-order valence-corrected chi connectivity index (χ2v) is 4.71. The molecule has 2 heterocycles. The van der Waals surface area contributed by atoms with Crippen molar-refractivity contribution in [2.75, 3.05) is 5.73 Å². The number of nitrogens with two attached hydrogens (primary N) is 1. The second-order valence-electron chi connectivity index (χ2n) is 4.71. The van der Waals surface area contributed by atoms with Crippen LogP contribution in [-0.4, -0.2) is 21.7 Å². The van der Waals surface area contributed by atoms with Gasteiger partial charge >= 0.3 is 0 Å². The lowest BCUT2D eigenvalue weighted by atomic mass is 9.98. The molecule has 0 unspecified atom stereocenters. The van der Waals surface area contributed by atoms with Crippen LogP contribution in [0.1, 0.15) is 21.5 Å². The maximum absolute atomic E-state index is 12.4. The lowest BCUT2D eigenvalue weighted by Gasteiger charge is -2.26. The number of imide groups is 1. The van der Waals surface area contributed by atoms with Crippen LogP contribution in [0, 0.1) is 0 Å². The summed E-state index contributed by atoms with van der Waals surface area (Å²) in [5.74, 6) is -0.0328. The van der Waals surface area contributed by atoms with Gasteiger partial charge in [0.25, 0.3) is 5.91 Å². The van der Waals surface area contributed by atoms with E-state index in [1.54, 1.807) is 30.5 Å². The number of hydrogen-bond donors (Lipinski definition) is 1. The van der Waals surface area contributed by atoms with E-state index in [2.05, 4.69) is 4.98 Å². The summed E-state index contributed by atoms with van der Waals surface area (Å²) in [6, 6.07) is 10.6. The zero-order valence-corrected chi connectivity index (χ0v) is 10.7. The lowest BCUT2D eigenvalue weighted by molar-refractivity contribution is -0.128. The highest BCUT2D eigenvalue weighted by molar-refractivity contribution is 6.09. The first-order valence-electron chi connectivity index (χ1n) is 6.28. The van der Waals surface area contributed by atoms with E-state index >= 15 is 0 Å². The summed E-state index contributed by atoms with van der Waals surface area (Å²) in [5, 5.41) is 0. The Hall–Kier alpha value is -2.69. The predicted octanol–water partition coefficient (Wildman–Crippen LogP) is 1.39. The Balaban J connectivity index is 1.89. The average Bonchev–Trinajstić information content (AvgIpc) is 2.45. The van der Waals surface area contributed by atoms with Crippen LogP contribution in [0.5, 0.6) is 0 Å². The largest absolute Gasteiger partial charge is 0.384 e. The van der Waals surface area contributed by atoms with Crippen molar-refractivity contribution in [3.63, 3.8) is 0 Å². The first-order chi connectivity index (χ1) is 9.65. The molecule has 5 nitrogen and oxygen atoms in total. The lowest BCUT2D eigenvalue weighted by Crippen LogP contribution is -2.41. The van der Waals surface area contributed by atoms with Crippen LogP contribution < -0.4 is 5.73 Å². The fraction of sp³-hybridized carbons (Fsp3) is 0.133. The Bertz CT molecular complexity index is 680. The van der Waals surface area contributed by atoms with Crippen LogP contribution in [0.25, 0.3) is 0 Å². The fourth-order valence-corrected chi connectivity index (χ4v) is 2.27. The number of rotatable bonds is 2. The van der Waals surface area contributed by atoms with Crippen molar-refractivity contribution in [1.29, 1.82) is 0 Å². The van der Waals surface area contributed by atoms with E-state index in [1.807, 2.05) is 12.1 Å². The minimum Gasteiger partial charge on any atom is -0.384 e. The molecule has 0 fully saturated rings. The number of benzene rings is 1. The standard InChI is InChI=1S/C15H13N3O2/c16-13-6-5-10(8-17-13)9-18-14(19)7-11-3-1-2-4-12(11)15(18)20/h1-6,8H,7,9H2,(H2,16,17). The summed E-state index contributed by atoms with van der Waals surface area (Å²) in [6.07, 6.45) is 1.83. The number of aromatic nitrogens is 1. The van der Waals surface area contributed by atoms with Crippen LogP contribution in [0.2, 0.25) is 0 Å². The zero-order valence-electron chi connectivity index (χ0n) is 10.7. The molecular formula is C15H13N3O2. The first kappa shape index (κ1) is 12.3. The van der Waals surface area contributed by atoms with E-state index in [0.717, 1.165) is 11.1 Å². The van der Waals surface area contributed by atoms with Gasteiger partial charge in [0.2, 0.25) is 5.91 Å². The number of carbonyl (C=O) groups excluding carboxylic acids is 2. The van der Waals surface area contributed by atoms with Gasteiger partial charge in [0, 0.05) is 11.8 Å². The molecule has 20 heavy (non-hydrogen) atoms. The third-order valence-corrected chi connectivity index (χ3v) is 3.32. The van der Waals surface area contributed by atoms with Crippen molar-refractivity contribution in [2.45, 2.75) is 13.0 Å². The minimum atomic E-state index is -0.256. The summed E-state index contributed by atoms with van der Waals surface area (Å²) in [6.45, 7) is 0.222. The summed E-state index contributed by atoms with van der Waals surface area (Å²) >= 11 is 0. The fourth-order valence-electron chi connectivity index (χ4n) is 2.27. The van der Waals surface area contributed by atoms with Crippen molar-refractivity contribution in [3.8, 4) is 0 Å². The highest BCUT2D eigenvalue weighted by Gasteiger charge is 2.30. The van der Waals surface area contributed by atoms with Crippen LogP contribution in [-0.2, 0) is 17.8 Å². The molecule has 5 heteroatoms. The van der Waals surface area contributed by atoms with Crippen molar-refractivity contribution in [1.82, 2.24) is 9.88 Å². The molecule has 3 rings (SSSR count). The highest BCUT2D eigenvalue weighted by Crippen LogP contribution is 2.21. The van der Waals surface area contributed by atoms with Gasteiger partial charge < -0.3 is 5.73 Å². The molecule has 1 aliphatic rings. The van der Waals surface area contributed by atoms with Gasteiger partial charge in [-0.2, -0.15) is 0 Å². The molecule has 0 aliphatic carbocycles. The van der Waals surface area contributed by atoms with Gasteiger partial charge in [0.05, 0.1) is 13.0 Å². The number of carbonyl (C=O) groups is 2. The van der Waals surface area contributed by atoms with E-state index in [0.29, 0.717) is 11.4 Å². The SMILES string of the molecule is Nc1ccc(CN2C(=O)Cc3ccccc3C2=O)cn1. The molecule has 100 valence electrons. The Morgan fingerprint density at radius 1 is 1.15 bits per heavy atom. The van der Waals surface area contributed by atoms with Crippen molar-refractivity contribution >= 4 is 17.6 Å². The van der Waals surface area contributed by atoms with Gasteiger partial charge in [-0.15, -0.1) is 0 Å². The van der Waals surface area contributed by atoms with Crippen LogP contribution in [0.15, 0.2) is 42.6 Å². The number of amides is 2. The van der Waals surface area contributed by atoms with Crippen LogP contribution in [0.4, 0.5) is 5.82 Å². The van der Waals surface area contributed by atoms with Gasteiger partial charge in [-0.25, -0.2) is 4.98 Å². The van der Waals surface area contributed by atoms with E-state index in [4.69, 9.17) is 5.73 Å². The molecule has 1 aromatic carbocycles. The molecule has 0 radical (unpaired) electrons. The Morgan fingerprint density at radius 3 is 2.70 bits per heavy atom. The van der Waals surface area contributed by atoms with Gasteiger partial charge in [-0.1, -0.05) is 24.3 Å². The monoisotopic (exact) mass is 267 g/mol. The third kappa shape index (κ3) is 2.14. The van der Waals surface area contributed by atoms with E-state index in [9.17, 15) is 9.59 Å². The molecule has 1 aliphatic heterocycles. The Kier molecular flexibility index (Phi) is 2.95. The van der Waals surface area contributed by atoms with Crippen LogP contribution >= 0.6 is 0 Å². The topological polar surface area (TPSA) is 76.3 Å². The van der Waals surface area contributed by atoms with Crippen molar-refractivity contribution < 1.29 is 9.59 Å². The first-order valence-corrected chi connectivity index (χ1v) is 6.28. The minimum absolute atomic E-state index is 0.189. The summed E-state index contributed by atoms with van der Waals surface area (Å²) in [5.41, 5.74) is 7.68. The molecular weight excluding hydrogens is 254 g/mol. The molecule has 2 N–H and O–H groups in total. The molecule has 0 atom stereocenters. The molecule has 0 saturated heterocycles.